The smallest absolute Gasteiger partial charge is 0.323 e. The summed E-state index contributed by atoms with van der Waals surface area (Å²) in [6.45, 7) is 2.60. The molecule has 2 N–H and O–H groups in total. The van der Waals surface area contributed by atoms with Crippen LogP contribution in [0.5, 0.6) is 0 Å². The highest BCUT2D eigenvalue weighted by Gasteiger charge is 2.28. The van der Waals surface area contributed by atoms with Gasteiger partial charge in [0.25, 0.3) is 5.91 Å². The Bertz CT molecular complexity index is 449. The van der Waals surface area contributed by atoms with Gasteiger partial charge in [0.05, 0.1) is 0 Å². The molecule has 0 spiro atoms. The second kappa shape index (κ2) is 5.25. The van der Waals surface area contributed by atoms with Crippen molar-refractivity contribution in [1.29, 1.82) is 0 Å². The van der Waals surface area contributed by atoms with Crippen LogP contribution in [0.2, 0.25) is 0 Å². The minimum atomic E-state index is -0.952. The predicted octanol–water partition coefficient (Wildman–Crippen LogP) is 1.35. The number of carbonyl (C=O) groups excluding carboxylic acids is 1. The minimum absolute atomic E-state index is 0.187. The summed E-state index contributed by atoms with van der Waals surface area (Å²) in [5.74, 6) is 0.0910. The van der Waals surface area contributed by atoms with Gasteiger partial charge in [-0.2, -0.15) is 0 Å². The molecule has 98 valence electrons. The number of amides is 1. The summed E-state index contributed by atoms with van der Waals surface area (Å²) in [7, 11) is 0. The first-order chi connectivity index (χ1) is 8.58. The number of nitrogens with zero attached hydrogens (tertiary/aromatic N) is 1. The van der Waals surface area contributed by atoms with Crippen LogP contribution in [0.3, 0.4) is 0 Å². The van der Waals surface area contributed by atoms with E-state index in [1.165, 1.54) is 17.4 Å². The van der Waals surface area contributed by atoms with Crippen LogP contribution < -0.4 is 5.32 Å². The highest BCUT2D eigenvalue weighted by molar-refractivity contribution is 5.93. The average Bonchev–Trinajstić information content (AvgIpc) is 3.06. The number of carbonyl (C=O) groups is 2. The largest absolute Gasteiger partial charge is 0.480 e. The molecule has 5 heteroatoms. The zero-order valence-electron chi connectivity index (χ0n) is 10.4. The first kappa shape index (κ1) is 12.7. The van der Waals surface area contributed by atoms with Gasteiger partial charge in [-0.25, -0.2) is 0 Å². The van der Waals surface area contributed by atoms with Gasteiger partial charge in [-0.1, -0.05) is 6.92 Å². The minimum Gasteiger partial charge on any atom is -0.480 e. The molecule has 1 saturated carbocycles. The first-order valence-corrected chi connectivity index (χ1v) is 6.23. The summed E-state index contributed by atoms with van der Waals surface area (Å²) in [5.41, 5.74) is 0.403. The van der Waals surface area contributed by atoms with Gasteiger partial charge < -0.3 is 15.0 Å². The van der Waals surface area contributed by atoms with Crippen molar-refractivity contribution in [2.45, 2.75) is 26.3 Å². The molecule has 1 amide bonds. The Morgan fingerprint density at radius 1 is 1.56 bits per heavy atom. The fourth-order valence-electron chi connectivity index (χ4n) is 2.08. The lowest BCUT2D eigenvalue weighted by atomic mass is 10.1. The Morgan fingerprint density at radius 2 is 2.28 bits per heavy atom. The van der Waals surface area contributed by atoms with Gasteiger partial charge in [0.2, 0.25) is 0 Å². The van der Waals surface area contributed by atoms with E-state index in [1.54, 1.807) is 18.3 Å². The molecule has 5 nitrogen and oxygen atoms in total. The molecule has 1 aromatic rings. The number of nitrogens with one attached hydrogen (secondary N) is 1. The molecule has 1 unspecified atom stereocenters. The molecular formula is C13H18N2O3. The van der Waals surface area contributed by atoms with Crippen molar-refractivity contribution in [3.63, 3.8) is 0 Å². The SMILES string of the molecule is CC(CNC(=O)c1cccn1CC(=O)O)C1CC1. The third-order valence-corrected chi connectivity index (χ3v) is 3.38. The maximum Gasteiger partial charge on any atom is 0.323 e. The van der Waals surface area contributed by atoms with Crippen LogP contribution in [0.25, 0.3) is 0 Å². The lowest BCUT2D eigenvalue weighted by Crippen LogP contribution is -2.31. The predicted molar refractivity (Wildman–Crippen MR) is 66.3 cm³/mol. The van der Waals surface area contributed by atoms with Crippen molar-refractivity contribution in [2.75, 3.05) is 6.54 Å². The van der Waals surface area contributed by atoms with Crippen LogP contribution in [0.4, 0.5) is 0 Å². The fraction of sp³-hybridized carbons (Fsp3) is 0.538. The molecule has 0 aromatic carbocycles. The van der Waals surface area contributed by atoms with E-state index in [-0.39, 0.29) is 12.5 Å². The van der Waals surface area contributed by atoms with Crippen LogP contribution in [-0.4, -0.2) is 28.1 Å². The molecule has 0 bridgehead atoms. The van der Waals surface area contributed by atoms with Gasteiger partial charge in [-0.3, -0.25) is 9.59 Å². The molecule has 1 heterocycles. The average molecular weight is 250 g/mol. The van der Waals surface area contributed by atoms with Crippen LogP contribution >= 0.6 is 0 Å². The van der Waals surface area contributed by atoms with Crippen molar-refractivity contribution < 1.29 is 14.7 Å². The van der Waals surface area contributed by atoms with E-state index in [2.05, 4.69) is 12.2 Å². The summed E-state index contributed by atoms with van der Waals surface area (Å²) in [5, 5.41) is 11.6. The number of carboxylic acid groups (broad SMARTS) is 1. The molecule has 18 heavy (non-hydrogen) atoms. The van der Waals surface area contributed by atoms with E-state index in [9.17, 15) is 9.59 Å². The molecule has 0 radical (unpaired) electrons. The Kier molecular flexibility index (Phi) is 3.69. The zero-order chi connectivity index (χ0) is 13.1. The third kappa shape index (κ3) is 3.12. The first-order valence-electron chi connectivity index (χ1n) is 6.23. The number of aliphatic carboxylic acids is 1. The Morgan fingerprint density at radius 3 is 2.89 bits per heavy atom. The number of hydrogen-bond donors (Lipinski definition) is 2. The van der Waals surface area contributed by atoms with E-state index in [0.29, 0.717) is 18.2 Å². The number of aromatic nitrogens is 1. The van der Waals surface area contributed by atoms with Gasteiger partial charge >= 0.3 is 5.97 Å². The van der Waals surface area contributed by atoms with E-state index in [4.69, 9.17) is 5.11 Å². The van der Waals surface area contributed by atoms with Crippen molar-refractivity contribution in [3.05, 3.63) is 24.0 Å². The molecule has 1 fully saturated rings. The molecular weight excluding hydrogens is 232 g/mol. The maximum absolute atomic E-state index is 11.9. The molecule has 0 aliphatic heterocycles. The molecule has 2 rings (SSSR count). The summed E-state index contributed by atoms with van der Waals surface area (Å²) in [6, 6.07) is 3.32. The van der Waals surface area contributed by atoms with Crippen LogP contribution in [-0.2, 0) is 11.3 Å². The zero-order valence-corrected chi connectivity index (χ0v) is 10.4. The second-order valence-corrected chi connectivity index (χ2v) is 4.94. The number of hydrogen-bond acceptors (Lipinski definition) is 2. The standard InChI is InChI=1S/C13H18N2O3/c1-9(10-4-5-10)7-14-13(18)11-3-2-6-15(11)8-12(16)17/h2-3,6,9-10H,4-5,7-8H2,1H3,(H,14,18)(H,16,17). The van der Waals surface area contributed by atoms with Gasteiger partial charge in [0, 0.05) is 12.7 Å². The van der Waals surface area contributed by atoms with Gasteiger partial charge in [0.15, 0.2) is 0 Å². The highest BCUT2D eigenvalue weighted by atomic mass is 16.4. The Balaban J connectivity index is 1.91. The molecule has 1 aliphatic rings. The summed E-state index contributed by atoms with van der Waals surface area (Å²) in [4.78, 5) is 22.6. The second-order valence-electron chi connectivity index (χ2n) is 4.94. The Hall–Kier alpha value is -1.78. The normalized spacial score (nSPS) is 16.3. The van der Waals surface area contributed by atoms with Gasteiger partial charge in [-0.05, 0) is 36.8 Å². The molecule has 1 aliphatic carbocycles. The monoisotopic (exact) mass is 250 g/mol. The summed E-state index contributed by atoms with van der Waals surface area (Å²) in [6.07, 6.45) is 4.12. The van der Waals surface area contributed by atoms with Crippen molar-refractivity contribution in [1.82, 2.24) is 9.88 Å². The van der Waals surface area contributed by atoms with Crippen LogP contribution in [0, 0.1) is 11.8 Å². The maximum atomic E-state index is 11.9. The van der Waals surface area contributed by atoms with E-state index in [1.807, 2.05) is 0 Å². The van der Waals surface area contributed by atoms with Gasteiger partial charge in [0.1, 0.15) is 12.2 Å². The summed E-state index contributed by atoms with van der Waals surface area (Å²) >= 11 is 0. The molecule has 1 atom stereocenters. The fourth-order valence-corrected chi connectivity index (χ4v) is 2.08. The van der Waals surface area contributed by atoms with Crippen LogP contribution in [0.1, 0.15) is 30.3 Å². The molecule has 0 saturated heterocycles. The lowest BCUT2D eigenvalue weighted by Gasteiger charge is -2.12. The van der Waals surface area contributed by atoms with Crippen molar-refractivity contribution >= 4 is 11.9 Å². The van der Waals surface area contributed by atoms with Crippen LogP contribution in [0.15, 0.2) is 18.3 Å². The van der Waals surface area contributed by atoms with E-state index < -0.39 is 5.97 Å². The highest BCUT2D eigenvalue weighted by Crippen LogP contribution is 2.36. The Labute approximate surface area is 106 Å². The quantitative estimate of drug-likeness (QED) is 0.800. The third-order valence-electron chi connectivity index (χ3n) is 3.38. The number of carboxylic acids is 1. The summed E-state index contributed by atoms with van der Waals surface area (Å²) < 4.78 is 1.44. The van der Waals surface area contributed by atoms with E-state index in [0.717, 1.165) is 5.92 Å². The number of rotatable bonds is 6. The van der Waals surface area contributed by atoms with Crippen molar-refractivity contribution in [2.24, 2.45) is 11.8 Å². The van der Waals surface area contributed by atoms with Gasteiger partial charge in [-0.15, -0.1) is 0 Å². The van der Waals surface area contributed by atoms with E-state index >= 15 is 0 Å². The van der Waals surface area contributed by atoms with Crippen molar-refractivity contribution in [3.8, 4) is 0 Å². The lowest BCUT2D eigenvalue weighted by molar-refractivity contribution is -0.137. The molecule has 1 aromatic heterocycles. The topological polar surface area (TPSA) is 71.3 Å².